The quantitative estimate of drug-likeness (QED) is 0.350. The van der Waals surface area contributed by atoms with Gasteiger partial charge in [-0.1, -0.05) is 0 Å². The molecule has 1 aliphatic rings. The number of carbonyl (C=O) groups excluding carboxylic acids is 1. The number of hydrazine groups is 1. The second kappa shape index (κ2) is 4.43. The zero-order chi connectivity index (χ0) is 9.84. The molecule has 0 saturated carbocycles. The minimum Gasteiger partial charge on any atom is -0.319 e. The number of urea groups is 1. The molecule has 5 nitrogen and oxygen atoms in total. The molecule has 76 valence electrons. The summed E-state index contributed by atoms with van der Waals surface area (Å²) in [6.07, 6.45) is 2.15. The molecule has 1 aliphatic heterocycles. The number of hydrogen-bond acceptors (Lipinski definition) is 3. The Morgan fingerprint density at radius 1 is 1.69 bits per heavy atom. The van der Waals surface area contributed by atoms with Gasteiger partial charge in [-0.05, 0) is 26.9 Å². The Balaban J connectivity index is 2.48. The maximum atomic E-state index is 11.3. The Labute approximate surface area is 78.8 Å². The number of likely N-dealkylation sites (N-methyl/N-ethyl adjacent to an activating group) is 1. The van der Waals surface area contributed by atoms with Crippen LogP contribution in [0.15, 0.2) is 0 Å². The van der Waals surface area contributed by atoms with E-state index in [2.05, 4.69) is 10.3 Å². The van der Waals surface area contributed by atoms with Gasteiger partial charge in [0.15, 0.2) is 0 Å². The van der Waals surface area contributed by atoms with Crippen LogP contribution in [0.4, 0.5) is 4.79 Å². The van der Waals surface area contributed by atoms with E-state index in [0.717, 1.165) is 25.9 Å². The predicted octanol–water partition coefficient (Wildman–Crippen LogP) is -0.404. The minimum absolute atomic E-state index is 0.163. The Morgan fingerprint density at radius 3 is 2.92 bits per heavy atom. The zero-order valence-corrected chi connectivity index (χ0v) is 8.29. The molecule has 13 heavy (non-hydrogen) atoms. The van der Waals surface area contributed by atoms with Crippen LogP contribution in [0.3, 0.4) is 0 Å². The molecule has 3 N–H and O–H groups in total. The first-order valence-electron chi connectivity index (χ1n) is 4.57. The van der Waals surface area contributed by atoms with Gasteiger partial charge in [0.1, 0.15) is 0 Å². The summed E-state index contributed by atoms with van der Waals surface area (Å²) in [5.41, 5.74) is 2.18. The van der Waals surface area contributed by atoms with E-state index in [0.29, 0.717) is 6.04 Å². The molecule has 1 saturated heterocycles. The summed E-state index contributed by atoms with van der Waals surface area (Å²) in [5.74, 6) is 5.09. The lowest BCUT2D eigenvalue weighted by Gasteiger charge is -2.26. The highest BCUT2D eigenvalue weighted by atomic mass is 16.2. The van der Waals surface area contributed by atoms with Gasteiger partial charge in [-0.15, -0.1) is 0 Å². The van der Waals surface area contributed by atoms with Crippen molar-refractivity contribution >= 4 is 6.03 Å². The Kier molecular flexibility index (Phi) is 3.50. The van der Waals surface area contributed by atoms with Crippen molar-refractivity contribution in [1.82, 2.24) is 15.2 Å². The first kappa shape index (κ1) is 10.3. The first-order valence-corrected chi connectivity index (χ1v) is 4.57. The maximum absolute atomic E-state index is 11.3. The van der Waals surface area contributed by atoms with Gasteiger partial charge in [-0.2, -0.15) is 0 Å². The third-order valence-electron chi connectivity index (χ3n) is 2.34. The minimum atomic E-state index is -0.163. The highest BCUT2D eigenvalue weighted by molar-refractivity contribution is 5.74. The van der Waals surface area contributed by atoms with Crippen LogP contribution in [0.5, 0.6) is 0 Å². The molecule has 1 atom stereocenters. The van der Waals surface area contributed by atoms with Gasteiger partial charge in [0.25, 0.3) is 0 Å². The molecule has 2 amide bonds. The second-order valence-corrected chi connectivity index (χ2v) is 3.70. The van der Waals surface area contributed by atoms with E-state index in [-0.39, 0.29) is 6.03 Å². The molecule has 0 spiro atoms. The number of amides is 2. The molecular formula is C8H18N4O. The van der Waals surface area contributed by atoms with Crippen molar-refractivity contribution in [2.45, 2.75) is 18.9 Å². The summed E-state index contributed by atoms with van der Waals surface area (Å²) < 4.78 is 0. The molecule has 1 fully saturated rings. The SMILES string of the molecule is CN(C)CC1CCCN1C(=O)NN. The summed E-state index contributed by atoms with van der Waals surface area (Å²) in [5, 5.41) is 0. The summed E-state index contributed by atoms with van der Waals surface area (Å²) in [6, 6.07) is 0.155. The number of carbonyl (C=O) groups is 1. The van der Waals surface area contributed by atoms with Crippen LogP contribution in [0, 0.1) is 0 Å². The van der Waals surface area contributed by atoms with Crippen LogP contribution < -0.4 is 11.3 Å². The first-order chi connectivity index (χ1) is 6.15. The monoisotopic (exact) mass is 186 g/mol. The number of hydrogen-bond donors (Lipinski definition) is 2. The third kappa shape index (κ3) is 2.57. The van der Waals surface area contributed by atoms with Gasteiger partial charge >= 0.3 is 6.03 Å². The zero-order valence-electron chi connectivity index (χ0n) is 8.29. The number of nitrogens with two attached hydrogens (primary N) is 1. The number of nitrogens with zero attached hydrogens (tertiary/aromatic N) is 2. The van der Waals surface area contributed by atoms with E-state index < -0.39 is 0 Å². The fourth-order valence-corrected chi connectivity index (χ4v) is 1.80. The fraction of sp³-hybridized carbons (Fsp3) is 0.875. The van der Waals surface area contributed by atoms with Gasteiger partial charge in [-0.25, -0.2) is 10.6 Å². The van der Waals surface area contributed by atoms with Crippen LogP contribution in [-0.2, 0) is 0 Å². The van der Waals surface area contributed by atoms with E-state index in [9.17, 15) is 4.79 Å². The lowest BCUT2D eigenvalue weighted by atomic mass is 10.2. The lowest BCUT2D eigenvalue weighted by molar-refractivity contribution is 0.181. The normalized spacial score (nSPS) is 22.5. The van der Waals surface area contributed by atoms with Crippen molar-refractivity contribution in [2.24, 2.45) is 5.84 Å². The Morgan fingerprint density at radius 2 is 2.38 bits per heavy atom. The average molecular weight is 186 g/mol. The number of likely N-dealkylation sites (tertiary alicyclic amines) is 1. The molecule has 0 aromatic rings. The van der Waals surface area contributed by atoms with Crippen molar-refractivity contribution < 1.29 is 4.79 Å². The summed E-state index contributed by atoms with van der Waals surface area (Å²) in [6.45, 7) is 1.73. The number of nitrogens with one attached hydrogen (secondary N) is 1. The van der Waals surface area contributed by atoms with Gasteiger partial charge in [0.2, 0.25) is 0 Å². The van der Waals surface area contributed by atoms with E-state index in [1.165, 1.54) is 0 Å². The van der Waals surface area contributed by atoms with Gasteiger partial charge in [0, 0.05) is 19.1 Å². The van der Waals surface area contributed by atoms with E-state index in [1.807, 2.05) is 14.1 Å². The fourth-order valence-electron chi connectivity index (χ4n) is 1.80. The van der Waals surface area contributed by atoms with E-state index in [4.69, 9.17) is 5.84 Å². The summed E-state index contributed by atoms with van der Waals surface area (Å²) >= 11 is 0. The molecule has 5 heteroatoms. The van der Waals surface area contributed by atoms with Crippen molar-refractivity contribution in [3.63, 3.8) is 0 Å². The van der Waals surface area contributed by atoms with Gasteiger partial charge in [-0.3, -0.25) is 5.43 Å². The van der Waals surface area contributed by atoms with Crippen LogP contribution in [-0.4, -0.2) is 49.1 Å². The van der Waals surface area contributed by atoms with E-state index >= 15 is 0 Å². The second-order valence-electron chi connectivity index (χ2n) is 3.70. The highest BCUT2D eigenvalue weighted by Gasteiger charge is 2.28. The Bertz CT molecular complexity index is 183. The largest absolute Gasteiger partial charge is 0.331 e. The van der Waals surface area contributed by atoms with Crippen LogP contribution >= 0.6 is 0 Å². The molecule has 0 aromatic carbocycles. The van der Waals surface area contributed by atoms with Crippen LogP contribution in [0.2, 0.25) is 0 Å². The van der Waals surface area contributed by atoms with Crippen molar-refractivity contribution in [3.05, 3.63) is 0 Å². The predicted molar refractivity (Wildman–Crippen MR) is 51.0 cm³/mol. The molecular weight excluding hydrogens is 168 g/mol. The molecule has 0 aliphatic carbocycles. The molecule has 1 unspecified atom stereocenters. The van der Waals surface area contributed by atoms with Crippen LogP contribution in [0.25, 0.3) is 0 Å². The molecule has 0 aromatic heterocycles. The molecule has 1 rings (SSSR count). The van der Waals surface area contributed by atoms with Gasteiger partial charge in [0.05, 0.1) is 0 Å². The maximum Gasteiger partial charge on any atom is 0.331 e. The third-order valence-corrected chi connectivity index (χ3v) is 2.34. The van der Waals surface area contributed by atoms with Crippen molar-refractivity contribution in [1.29, 1.82) is 0 Å². The smallest absolute Gasteiger partial charge is 0.319 e. The topological polar surface area (TPSA) is 61.6 Å². The molecule has 0 bridgehead atoms. The highest BCUT2D eigenvalue weighted by Crippen LogP contribution is 2.17. The molecule has 1 heterocycles. The summed E-state index contributed by atoms with van der Waals surface area (Å²) in [4.78, 5) is 15.2. The molecule has 0 radical (unpaired) electrons. The van der Waals surface area contributed by atoms with Crippen LogP contribution in [0.1, 0.15) is 12.8 Å². The average Bonchev–Trinajstić information content (AvgIpc) is 2.50. The van der Waals surface area contributed by atoms with E-state index in [1.54, 1.807) is 4.90 Å². The van der Waals surface area contributed by atoms with Gasteiger partial charge < -0.3 is 9.80 Å². The lowest BCUT2D eigenvalue weighted by Crippen LogP contribution is -2.48. The summed E-state index contributed by atoms with van der Waals surface area (Å²) in [7, 11) is 4.02. The standard InChI is InChI=1S/C8H18N4O/c1-11(2)6-7-4-3-5-12(7)8(13)10-9/h7H,3-6,9H2,1-2H3,(H,10,13). The Hall–Kier alpha value is -0.810. The van der Waals surface area contributed by atoms with Crippen molar-refractivity contribution in [3.8, 4) is 0 Å². The van der Waals surface area contributed by atoms with Crippen molar-refractivity contribution in [2.75, 3.05) is 27.2 Å². The number of rotatable bonds is 2.